The van der Waals surface area contributed by atoms with E-state index in [9.17, 15) is 9.59 Å². The van der Waals surface area contributed by atoms with Crippen molar-refractivity contribution in [3.05, 3.63) is 23.8 Å². The van der Waals surface area contributed by atoms with Gasteiger partial charge in [-0.2, -0.15) is 0 Å². The number of nitrogens with one attached hydrogen (secondary N) is 2. The molecule has 1 aliphatic carbocycles. The summed E-state index contributed by atoms with van der Waals surface area (Å²) in [6, 6.07) is 5.59. The van der Waals surface area contributed by atoms with E-state index in [4.69, 9.17) is 5.73 Å². The zero-order valence-corrected chi connectivity index (χ0v) is 16.6. The van der Waals surface area contributed by atoms with Crippen molar-refractivity contribution in [1.29, 1.82) is 0 Å². The average molecular weight is 360 g/mol. The monoisotopic (exact) mass is 359 g/mol. The molecule has 2 rings (SSSR count). The Labute approximate surface area is 157 Å². The predicted octanol–water partition coefficient (Wildman–Crippen LogP) is 4.22. The molecule has 2 amide bonds. The second kappa shape index (κ2) is 8.21. The SMILES string of the molecule is Cc1ccc(NC(=O)C(C)(C)C)cc1NC(=O)CC1(CN)CCCCC1. The first-order chi connectivity index (χ1) is 12.1. The van der Waals surface area contributed by atoms with E-state index in [0.29, 0.717) is 18.7 Å². The van der Waals surface area contributed by atoms with Crippen molar-refractivity contribution in [3.63, 3.8) is 0 Å². The molecule has 1 fully saturated rings. The van der Waals surface area contributed by atoms with Crippen LogP contribution in [0, 0.1) is 17.8 Å². The molecule has 1 aromatic rings. The van der Waals surface area contributed by atoms with Crippen LogP contribution in [0.5, 0.6) is 0 Å². The van der Waals surface area contributed by atoms with Crippen LogP contribution < -0.4 is 16.4 Å². The molecule has 0 atom stereocenters. The molecule has 144 valence electrons. The van der Waals surface area contributed by atoms with Gasteiger partial charge < -0.3 is 16.4 Å². The van der Waals surface area contributed by atoms with Gasteiger partial charge in [0.15, 0.2) is 0 Å². The second-order valence-electron chi connectivity index (χ2n) is 8.72. The van der Waals surface area contributed by atoms with Gasteiger partial charge in [-0.3, -0.25) is 9.59 Å². The van der Waals surface area contributed by atoms with Gasteiger partial charge in [0.25, 0.3) is 0 Å². The van der Waals surface area contributed by atoms with Crippen LogP contribution in [0.4, 0.5) is 11.4 Å². The van der Waals surface area contributed by atoms with Gasteiger partial charge in [0, 0.05) is 23.2 Å². The molecule has 0 saturated heterocycles. The third-order valence-corrected chi connectivity index (χ3v) is 5.33. The van der Waals surface area contributed by atoms with Crippen molar-refractivity contribution in [2.75, 3.05) is 17.2 Å². The van der Waals surface area contributed by atoms with E-state index >= 15 is 0 Å². The van der Waals surface area contributed by atoms with Crippen LogP contribution in [0.1, 0.15) is 64.9 Å². The fraction of sp³-hybridized carbons (Fsp3) is 0.619. The standard InChI is InChI=1S/C21H33N3O2/c1-15-8-9-16(23-19(26)20(2,3)4)12-17(15)24-18(25)13-21(14-22)10-6-5-7-11-21/h8-9,12H,5-7,10-11,13-14,22H2,1-4H3,(H,23,26)(H,24,25). The number of rotatable bonds is 5. The molecule has 5 heteroatoms. The van der Waals surface area contributed by atoms with E-state index in [1.165, 1.54) is 6.42 Å². The second-order valence-corrected chi connectivity index (χ2v) is 8.72. The molecule has 0 bridgehead atoms. The number of carbonyl (C=O) groups is 2. The van der Waals surface area contributed by atoms with Gasteiger partial charge in [-0.1, -0.05) is 46.1 Å². The highest BCUT2D eigenvalue weighted by atomic mass is 16.2. The van der Waals surface area contributed by atoms with Gasteiger partial charge in [-0.05, 0) is 49.4 Å². The van der Waals surface area contributed by atoms with Crippen molar-refractivity contribution >= 4 is 23.2 Å². The van der Waals surface area contributed by atoms with Gasteiger partial charge in [0.05, 0.1) is 0 Å². The molecule has 5 nitrogen and oxygen atoms in total. The van der Waals surface area contributed by atoms with E-state index < -0.39 is 5.41 Å². The molecule has 1 aliphatic rings. The summed E-state index contributed by atoms with van der Waals surface area (Å²) >= 11 is 0. The first kappa shape index (κ1) is 20.4. The molecule has 0 unspecified atom stereocenters. The number of anilines is 2. The van der Waals surface area contributed by atoms with Crippen LogP contribution in [0.2, 0.25) is 0 Å². The van der Waals surface area contributed by atoms with E-state index in [1.807, 2.05) is 45.9 Å². The third kappa shape index (κ3) is 5.31. The van der Waals surface area contributed by atoms with Gasteiger partial charge in [-0.25, -0.2) is 0 Å². The van der Waals surface area contributed by atoms with Crippen LogP contribution >= 0.6 is 0 Å². The minimum absolute atomic E-state index is 0.000233. The highest BCUT2D eigenvalue weighted by molar-refractivity contribution is 5.96. The van der Waals surface area contributed by atoms with Crippen LogP contribution in [0.15, 0.2) is 18.2 Å². The number of hydrogen-bond donors (Lipinski definition) is 3. The Hall–Kier alpha value is -1.88. The summed E-state index contributed by atoms with van der Waals surface area (Å²) in [4.78, 5) is 24.8. The number of nitrogens with two attached hydrogens (primary N) is 1. The zero-order valence-electron chi connectivity index (χ0n) is 16.6. The molecular weight excluding hydrogens is 326 g/mol. The lowest BCUT2D eigenvalue weighted by atomic mass is 9.71. The minimum atomic E-state index is -0.469. The Balaban J connectivity index is 2.07. The topological polar surface area (TPSA) is 84.2 Å². The average Bonchev–Trinajstić information content (AvgIpc) is 2.57. The highest BCUT2D eigenvalue weighted by Crippen LogP contribution is 2.38. The predicted molar refractivity (Wildman–Crippen MR) is 107 cm³/mol. The van der Waals surface area contributed by atoms with Crippen LogP contribution in [0.3, 0.4) is 0 Å². The van der Waals surface area contributed by atoms with E-state index in [1.54, 1.807) is 0 Å². The Morgan fingerprint density at radius 2 is 1.77 bits per heavy atom. The first-order valence-corrected chi connectivity index (χ1v) is 9.57. The lowest BCUT2D eigenvalue weighted by Crippen LogP contribution is -2.36. The smallest absolute Gasteiger partial charge is 0.229 e. The van der Waals surface area contributed by atoms with Crippen molar-refractivity contribution in [3.8, 4) is 0 Å². The maximum atomic E-state index is 12.6. The van der Waals surface area contributed by atoms with Crippen LogP contribution in [-0.4, -0.2) is 18.4 Å². The fourth-order valence-corrected chi connectivity index (χ4v) is 3.44. The lowest BCUT2D eigenvalue weighted by molar-refractivity contribution is -0.123. The Morgan fingerprint density at radius 3 is 2.35 bits per heavy atom. The lowest BCUT2D eigenvalue weighted by Gasteiger charge is -2.35. The molecule has 0 spiro atoms. The summed E-state index contributed by atoms with van der Waals surface area (Å²) < 4.78 is 0. The van der Waals surface area contributed by atoms with Crippen molar-refractivity contribution in [2.24, 2.45) is 16.6 Å². The number of carbonyl (C=O) groups excluding carboxylic acids is 2. The third-order valence-electron chi connectivity index (χ3n) is 5.33. The Bertz CT molecular complexity index is 656. The molecule has 26 heavy (non-hydrogen) atoms. The van der Waals surface area contributed by atoms with Crippen molar-refractivity contribution in [2.45, 2.75) is 66.2 Å². The first-order valence-electron chi connectivity index (χ1n) is 9.57. The number of benzene rings is 1. The molecule has 0 radical (unpaired) electrons. The summed E-state index contributed by atoms with van der Waals surface area (Å²) in [5.74, 6) is -0.0531. The summed E-state index contributed by atoms with van der Waals surface area (Å²) in [7, 11) is 0. The van der Waals surface area contributed by atoms with Gasteiger partial charge in [0.2, 0.25) is 11.8 Å². The van der Waals surface area contributed by atoms with Gasteiger partial charge in [0.1, 0.15) is 0 Å². The molecule has 1 saturated carbocycles. The number of amides is 2. The quantitative estimate of drug-likeness (QED) is 0.736. The number of aryl methyl sites for hydroxylation is 1. The van der Waals surface area contributed by atoms with E-state index in [2.05, 4.69) is 10.6 Å². The normalized spacial score (nSPS) is 16.8. The van der Waals surface area contributed by atoms with Crippen LogP contribution in [-0.2, 0) is 9.59 Å². The number of hydrogen-bond acceptors (Lipinski definition) is 3. The maximum absolute atomic E-state index is 12.6. The van der Waals surface area contributed by atoms with Crippen molar-refractivity contribution in [1.82, 2.24) is 0 Å². The summed E-state index contributed by atoms with van der Waals surface area (Å²) in [6.07, 6.45) is 6.05. The largest absolute Gasteiger partial charge is 0.330 e. The summed E-state index contributed by atoms with van der Waals surface area (Å²) in [6.45, 7) is 8.12. The molecule has 0 aromatic heterocycles. The highest BCUT2D eigenvalue weighted by Gasteiger charge is 2.33. The molecule has 0 heterocycles. The summed E-state index contributed by atoms with van der Waals surface area (Å²) in [5, 5.41) is 5.94. The van der Waals surface area contributed by atoms with Gasteiger partial charge in [-0.15, -0.1) is 0 Å². The summed E-state index contributed by atoms with van der Waals surface area (Å²) in [5.41, 5.74) is 7.87. The molecule has 0 aliphatic heterocycles. The molecule has 4 N–H and O–H groups in total. The Kier molecular flexibility index (Phi) is 6.45. The van der Waals surface area contributed by atoms with E-state index in [-0.39, 0.29) is 17.2 Å². The molecule has 1 aromatic carbocycles. The minimum Gasteiger partial charge on any atom is -0.330 e. The van der Waals surface area contributed by atoms with Crippen molar-refractivity contribution < 1.29 is 9.59 Å². The maximum Gasteiger partial charge on any atom is 0.229 e. The van der Waals surface area contributed by atoms with Gasteiger partial charge >= 0.3 is 0 Å². The zero-order chi connectivity index (χ0) is 19.4. The molecular formula is C21H33N3O2. The fourth-order valence-electron chi connectivity index (χ4n) is 3.44. The van der Waals surface area contributed by atoms with Crippen LogP contribution in [0.25, 0.3) is 0 Å². The van der Waals surface area contributed by atoms with E-state index in [0.717, 1.165) is 36.9 Å². The Morgan fingerprint density at radius 1 is 1.12 bits per heavy atom.